The molecule has 1 heterocycles. The summed E-state index contributed by atoms with van der Waals surface area (Å²) in [6, 6.07) is 0. The Balaban J connectivity index is 2.09. The average molecular weight is 253 g/mol. The number of nitrogens with zero attached hydrogens (tertiary/aromatic N) is 2. The van der Waals surface area contributed by atoms with Gasteiger partial charge in [-0.15, -0.1) is 0 Å². The largest absolute Gasteiger partial charge is 0.383 e. The van der Waals surface area contributed by atoms with Crippen LogP contribution in [0.25, 0.3) is 0 Å². The standard InChI is InChI=1S/C14H27N3O/c1-11(2)12-5-4-6-14(9-12)10-16-13(15)17(14)7-8-18-3/h11-12H,4-10H2,1-3H3,(H2,15,16). The topological polar surface area (TPSA) is 50.9 Å². The first kappa shape index (κ1) is 13.7. The number of nitrogens with two attached hydrogens (primary N) is 1. The van der Waals surface area contributed by atoms with Gasteiger partial charge in [-0.3, -0.25) is 4.99 Å². The molecule has 2 unspecified atom stereocenters. The van der Waals surface area contributed by atoms with Crippen molar-refractivity contribution < 1.29 is 4.74 Å². The van der Waals surface area contributed by atoms with Gasteiger partial charge in [0.1, 0.15) is 0 Å². The first-order valence-electron chi connectivity index (χ1n) is 7.15. The van der Waals surface area contributed by atoms with Gasteiger partial charge < -0.3 is 15.4 Å². The van der Waals surface area contributed by atoms with Crippen LogP contribution in [0.1, 0.15) is 39.5 Å². The van der Waals surface area contributed by atoms with E-state index in [-0.39, 0.29) is 5.54 Å². The van der Waals surface area contributed by atoms with E-state index in [2.05, 4.69) is 23.7 Å². The van der Waals surface area contributed by atoms with Gasteiger partial charge in [-0.25, -0.2) is 0 Å². The molecule has 1 saturated carbocycles. The molecule has 1 spiro atoms. The molecular formula is C14H27N3O. The van der Waals surface area contributed by atoms with E-state index in [1.807, 2.05) is 0 Å². The number of ether oxygens (including phenoxy) is 1. The molecule has 1 aliphatic heterocycles. The van der Waals surface area contributed by atoms with Gasteiger partial charge in [0, 0.05) is 13.7 Å². The monoisotopic (exact) mass is 253 g/mol. The predicted molar refractivity (Wildman–Crippen MR) is 74.6 cm³/mol. The lowest BCUT2D eigenvalue weighted by molar-refractivity contribution is 0.0689. The van der Waals surface area contributed by atoms with E-state index < -0.39 is 0 Å². The number of hydrogen-bond acceptors (Lipinski definition) is 4. The fourth-order valence-electron chi connectivity index (χ4n) is 3.52. The van der Waals surface area contributed by atoms with Gasteiger partial charge in [0.05, 0.1) is 18.7 Å². The van der Waals surface area contributed by atoms with Crippen LogP contribution in [0.15, 0.2) is 4.99 Å². The van der Waals surface area contributed by atoms with E-state index in [4.69, 9.17) is 10.5 Å². The summed E-state index contributed by atoms with van der Waals surface area (Å²) in [5, 5.41) is 0. The summed E-state index contributed by atoms with van der Waals surface area (Å²) in [6.45, 7) is 7.15. The molecule has 0 bridgehead atoms. The number of methoxy groups -OCH3 is 1. The number of guanidine groups is 1. The SMILES string of the molecule is COCCN1C(N)=NCC12CCCC(C(C)C)C2. The van der Waals surface area contributed by atoms with Gasteiger partial charge in [-0.05, 0) is 24.7 Å². The van der Waals surface area contributed by atoms with Crippen LogP contribution in [0.3, 0.4) is 0 Å². The second-order valence-electron chi connectivity index (χ2n) is 6.14. The van der Waals surface area contributed by atoms with Crippen molar-refractivity contribution in [1.29, 1.82) is 0 Å². The molecule has 1 aliphatic carbocycles. The van der Waals surface area contributed by atoms with Crippen LogP contribution in [-0.2, 0) is 4.74 Å². The molecule has 2 N–H and O–H groups in total. The molecule has 0 radical (unpaired) electrons. The molecule has 0 aromatic heterocycles. The summed E-state index contributed by atoms with van der Waals surface area (Å²) in [7, 11) is 1.74. The summed E-state index contributed by atoms with van der Waals surface area (Å²) >= 11 is 0. The Morgan fingerprint density at radius 2 is 2.33 bits per heavy atom. The lowest BCUT2D eigenvalue weighted by Crippen LogP contribution is -2.55. The maximum Gasteiger partial charge on any atom is 0.191 e. The van der Waals surface area contributed by atoms with E-state index >= 15 is 0 Å². The van der Waals surface area contributed by atoms with E-state index in [0.29, 0.717) is 0 Å². The molecule has 0 aromatic carbocycles. The molecule has 2 aliphatic rings. The third-order valence-corrected chi connectivity index (χ3v) is 4.71. The van der Waals surface area contributed by atoms with Crippen molar-refractivity contribution in [1.82, 2.24) is 4.90 Å². The summed E-state index contributed by atoms with van der Waals surface area (Å²) in [5.41, 5.74) is 6.26. The van der Waals surface area contributed by atoms with Gasteiger partial charge in [-0.1, -0.05) is 26.7 Å². The molecule has 1 fully saturated rings. The predicted octanol–water partition coefficient (Wildman–Crippen LogP) is 1.85. The smallest absolute Gasteiger partial charge is 0.191 e. The van der Waals surface area contributed by atoms with Crippen LogP contribution in [0, 0.1) is 11.8 Å². The quantitative estimate of drug-likeness (QED) is 0.832. The Morgan fingerprint density at radius 3 is 3.00 bits per heavy atom. The minimum Gasteiger partial charge on any atom is -0.383 e. The Kier molecular flexibility index (Phi) is 4.15. The lowest BCUT2D eigenvalue weighted by atomic mass is 9.71. The highest BCUT2D eigenvalue weighted by Gasteiger charge is 2.45. The molecule has 2 rings (SSSR count). The van der Waals surface area contributed by atoms with Crippen molar-refractivity contribution >= 4 is 5.96 Å². The second-order valence-corrected chi connectivity index (χ2v) is 6.14. The normalized spacial score (nSPS) is 32.3. The highest BCUT2D eigenvalue weighted by molar-refractivity contribution is 5.81. The van der Waals surface area contributed by atoms with Gasteiger partial charge in [0.2, 0.25) is 0 Å². The van der Waals surface area contributed by atoms with E-state index in [1.54, 1.807) is 7.11 Å². The zero-order chi connectivity index (χ0) is 13.2. The Bertz CT molecular complexity index is 316. The van der Waals surface area contributed by atoms with Crippen LogP contribution in [0.4, 0.5) is 0 Å². The highest BCUT2D eigenvalue weighted by atomic mass is 16.5. The van der Waals surface area contributed by atoms with Crippen LogP contribution >= 0.6 is 0 Å². The third kappa shape index (κ3) is 2.48. The molecule has 104 valence electrons. The Hall–Kier alpha value is -0.770. The Labute approximate surface area is 111 Å². The molecule has 0 amide bonds. The molecule has 4 nitrogen and oxygen atoms in total. The summed E-state index contributed by atoms with van der Waals surface area (Å²) in [4.78, 5) is 6.82. The van der Waals surface area contributed by atoms with Crippen LogP contribution in [-0.4, -0.2) is 43.2 Å². The van der Waals surface area contributed by atoms with Crippen LogP contribution < -0.4 is 5.73 Å². The maximum atomic E-state index is 6.07. The molecular weight excluding hydrogens is 226 g/mol. The minimum atomic E-state index is 0.190. The fraction of sp³-hybridized carbons (Fsp3) is 0.929. The highest BCUT2D eigenvalue weighted by Crippen LogP contribution is 2.42. The van der Waals surface area contributed by atoms with E-state index in [9.17, 15) is 0 Å². The van der Waals surface area contributed by atoms with Crippen LogP contribution in [0.2, 0.25) is 0 Å². The zero-order valence-corrected chi connectivity index (χ0v) is 12.0. The fourth-order valence-corrected chi connectivity index (χ4v) is 3.52. The number of rotatable bonds is 4. The number of aliphatic imine (C=N–C) groups is 1. The zero-order valence-electron chi connectivity index (χ0n) is 12.0. The molecule has 2 atom stereocenters. The summed E-state index contributed by atoms with van der Waals surface area (Å²) in [5.74, 6) is 2.29. The minimum absolute atomic E-state index is 0.190. The van der Waals surface area contributed by atoms with E-state index in [0.717, 1.165) is 37.5 Å². The van der Waals surface area contributed by atoms with Crippen LogP contribution in [0.5, 0.6) is 0 Å². The molecule has 0 saturated heterocycles. The third-order valence-electron chi connectivity index (χ3n) is 4.71. The van der Waals surface area contributed by atoms with Crippen molar-refractivity contribution in [3.63, 3.8) is 0 Å². The molecule has 18 heavy (non-hydrogen) atoms. The Morgan fingerprint density at radius 1 is 1.56 bits per heavy atom. The van der Waals surface area contributed by atoms with E-state index in [1.165, 1.54) is 25.7 Å². The first-order chi connectivity index (χ1) is 8.59. The summed E-state index contributed by atoms with van der Waals surface area (Å²) in [6.07, 6.45) is 5.12. The van der Waals surface area contributed by atoms with Crippen molar-refractivity contribution in [2.45, 2.75) is 45.1 Å². The van der Waals surface area contributed by atoms with Crippen molar-refractivity contribution in [2.75, 3.05) is 26.8 Å². The molecule has 4 heteroatoms. The van der Waals surface area contributed by atoms with Gasteiger partial charge in [0.15, 0.2) is 5.96 Å². The van der Waals surface area contributed by atoms with Gasteiger partial charge in [-0.2, -0.15) is 0 Å². The van der Waals surface area contributed by atoms with Crippen molar-refractivity contribution in [3.8, 4) is 0 Å². The average Bonchev–Trinajstić information content (AvgIpc) is 2.64. The second kappa shape index (κ2) is 5.47. The van der Waals surface area contributed by atoms with Gasteiger partial charge in [0.25, 0.3) is 0 Å². The van der Waals surface area contributed by atoms with Crippen molar-refractivity contribution in [3.05, 3.63) is 0 Å². The lowest BCUT2D eigenvalue weighted by Gasteiger charge is -2.45. The number of hydrogen-bond donors (Lipinski definition) is 1. The maximum absolute atomic E-state index is 6.07. The first-order valence-corrected chi connectivity index (χ1v) is 7.15. The van der Waals surface area contributed by atoms with Crippen molar-refractivity contribution in [2.24, 2.45) is 22.6 Å². The van der Waals surface area contributed by atoms with Gasteiger partial charge >= 0.3 is 0 Å². The summed E-state index contributed by atoms with van der Waals surface area (Å²) < 4.78 is 5.21. The molecule has 0 aromatic rings.